The van der Waals surface area contributed by atoms with Gasteiger partial charge >= 0.3 is 0 Å². The molecule has 0 radical (unpaired) electrons. The van der Waals surface area contributed by atoms with E-state index in [9.17, 15) is 19.2 Å². The molecule has 8 nitrogen and oxygen atoms in total. The predicted octanol–water partition coefficient (Wildman–Crippen LogP) is 0.518. The summed E-state index contributed by atoms with van der Waals surface area (Å²) in [7, 11) is 0. The van der Waals surface area contributed by atoms with Crippen LogP contribution in [-0.2, 0) is 19.2 Å². The minimum Gasteiger partial charge on any atom is -0.273 e. The Balaban J connectivity index is 1.73. The van der Waals surface area contributed by atoms with Crippen molar-refractivity contribution in [2.45, 2.75) is 27.7 Å². The summed E-state index contributed by atoms with van der Waals surface area (Å²) in [6.07, 6.45) is 3.81. The van der Waals surface area contributed by atoms with Gasteiger partial charge in [-0.05, 0) is 0 Å². The molecule has 1 saturated carbocycles. The molecule has 28 heavy (non-hydrogen) atoms. The second kappa shape index (κ2) is 6.77. The first-order valence-corrected chi connectivity index (χ1v) is 10.4. The number of carbonyl (C=O) groups is 4. The van der Waals surface area contributed by atoms with Crippen molar-refractivity contribution in [1.29, 1.82) is 0 Å². The number of amides is 4. The lowest BCUT2D eigenvalue weighted by atomic mass is 9.54. The van der Waals surface area contributed by atoms with Crippen molar-refractivity contribution < 1.29 is 19.2 Å². The van der Waals surface area contributed by atoms with Crippen LogP contribution in [0.25, 0.3) is 0 Å². The van der Waals surface area contributed by atoms with E-state index in [2.05, 4.69) is 0 Å². The van der Waals surface area contributed by atoms with Crippen molar-refractivity contribution in [1.82, 2.24) is 20.0 Å². The van der Waals surface area contributed by atoms with E-state index in [1.165, 1.54) is 10.0 Å². The van der Waals surface area contributed by atoms with Crippen LogP contribution in [0.4, 0.5) is 0 Å². The van der Waals surface area contributed by atoms with Crippen molar-refractivity contribution in [3.8, 4) is 0 Å². The smallest absolute Gasteiger partial charge is 0.248 e. The zero-order valence-corrected chi connectivity index (χ0v) is 16.9. The lowest BCUT2D eigenvalue weighted by Crippen LogP contribution is -2.50. The van der Waals surface area contributed by atoms with Gasteiger partial charge in [0.2, 0.25) is 23.6 Å². The Labute approximate surface area is 165 Å². The predicted molar refractivity (Wildman–Crippen MR) is 99.6 cm³/mol. The van der Waals surface area contributed by atoms with Gasteiger partial charge in [0.25, 0.3) is 0 Å². The Bertz CT molecular complexity index is 651. The van der Waals surface area contributed by atoms with Crippen LogP contribution in [0.5, 0.6) is 0 Å². The first-order valence-electron chi connectivity index (χ1n) is 10.4. The number of rotatable bonds is 6. The molecule has 4 atom stereocenters. The summed E-state index contributed by atoms with van der Waals surface area (Å²) in [5.41, 5.74) is 0. The Kier molecular flexibility index (Phi) is 4.66. The molecule has 2 heterocycles. The quantitative estimate of drug-likeness (QED) is 0.487. The molecule has 3 fully saturated rings. The van der Waals surface area contributed by atoms with Gasteiger partial charge in [0.1, 0.15) is 0 Å². The Morgan fingerprint density at radius 1 is 0.607 bits per heavy atom. The molecule has 5 aliphatic rings. The van der Waals surface area contributed by atoms with Crippen molar-refractivity contribution in [2.24, 2.45) is 35.5 Å². The Hall–Kier alpha value is -2.06. The lowest BCUT2D eigenvalue weighted by molar-refractivity contribution is -0.158. The molecule has 152 valence electrons. The molecule has 0 spiro atoms. The van der Waals surface area contributed by atoms with Crippen LogP contribution in [0.3, 0.4) is 0 Å². The number of carbonyl (C=O) groups excluding carboxylic acids is 4. The third kappa shape index (κ3) is 2.24. The van der Waals surface area contributed by atoms with Crippen LogP contribution < -0.4 is 0 Å². The van der Waals surface area contributed by atoms with Crippen LogP contribution in [0.2, 0.25) is 0 Å². The van der Waals surface area contributed by atoms with E-state index in [0.717, 1.165) is 0 Å². The van der Waals surface area contributed by atoms with Crippen LogP contribution in [0.1, 0.15) is 27.7 Å². The average molecular weight is 388 g/mol. The zero-order valence-electron chi connectivity index (χ0n) is 16.9. The number of imide groups is 2. The molecule has 0 aromatic heterocycles. The fraction of sp³-hybridized carbons (Fsp3) is 0.700. The first-order chi connectivity index (χ1) is 13.4. The first kappa shape index (κ1) is 19.3. The van der Waals surface area contributed by atoms with E-state index in [-0.39, 0.29) is 23.6 Å². The summed E-state index contributed by atoms with van der Waals surface area (Å²) >= 11 is 0. The number of hydrogen-bond acceptors (Lipinski definition) is 6. The second-order valence-corrected chi connectivity index (χ2v) is 7.90. The lowest BCUT2D eigenvalue weighted by Gasteiger charge is -2.44. The highest BCUT2D eigenvalue weighted by Crippen LogP contribution is 2.58. The summed E-state index contributed by atoms with van der Waals surface area (Å²) in [6.45, 7) is 9.83. The normalized spacial score (nSPS) is 36.4. The maximum atomic E-state index is 13.2. The highest BCUT2D eigenvalue weighted by Gasteiger charge is 2.69. The molecule has 2 bridgehead atoms. The van der Waals surface area contributed by atoms with Gasteiger partial charge in [-0.15, -0.1) is 0 Å². The summed E-state index contributed by atoms with van der Waals surface area (Å²) in [5.74, 6) is -3.86. The van der Waals surface area contributed by atoms with Gasteiger partial charge in [0.05, 0.1) is 23.7 Å². The molecule has 8 heteroatoms. The highest BCUT2D eigenvalue weighted by atomic mass is 16.2. The zero-order chi connectivity index (χ0) is 20.3. The third-order valence-electron chi connectivity index (χ3n) is 6.99. The molecule has 2 saturated heterocycles. The Morgan fingerprint density at radius 2 is 0.857 bits per heavy atom. The van der Waals surface area contributed by atoms with Crippen LogP contribution in [0, 0.1) is 35.5 Å². The fourth-order valence-electron chi connectivity index (χ4n) is 5.77. The molecule has 3 aliphatic carbocycles. The molecule has 5 rings (SSSR count). The van der Waals surface area contributed by atoms with Gasteiger partial charge in [0.15, 0.2) is 0 Å². The van der Waals surface area contributed by atoms with Gasteiger partial charge in [-0.2, -0.15) is 0 Å². The van der Waals surface area contributed by atoms with E-state index in [4.69, 9.17) is 0 Å². The van der Waals surface area contributed by atoms with Gasteiger partial charge < -0.3 is 0 Å². The molecular weight excluding hydrogens is 360 g/mol. The van der Waals surface area contributed by atoms with Crippen molar-refractivity contribution >= 4 is 23.6 Å². The van der Waals surface area contributed by atoms with E-state index >= 15 is 0 Å². The third-order valence-corrected chi connectivity index (χ3v) is 6.99. The van der Waals surface area contributed by atoms with Gasteiger partial charge in [0, 0.05) is 38.0 Å². The molecule has 0 unspecified atom stereocenters. The molecule has 4 amide bonds. The second-order valence-electron chi connectivity index (χ2n) is 7.90. The minimum atomic E-state index is -0.544. The summed E-state index contributed by atoms with van der Waals surface area (Å²) in [6, 6.07) is 0. The summed E-state index contributed by atoms with van der Waals surface area (Å²) < 4.78 is 0. The SMILES string of the molecule is CCN(CC)N1C(=O)[C@@H]2C3C=CC([C@@H]2C1=O)[C@@H]1C(=O)N(N(CC)CC)C(=O)[C@H]31. The standard InChI is InChI=1S/C20H28N4O4/c1-5-21(6-2)23-17(25)13-11-9-10-12(14(13)18(23)26)16-15(11)19(27)24(20(16)28)22(7-3)8-4/h9-16H,5-8H2,1-4H3/t11?,12?,13-,14+,15-,16+. The highest BCUT2D eigenvalue weighted by molar-refractivity contribution is 6.10. The van der Waals surface area contributed by atoms with E-state index < -0.39 is 35.5 Å². The number of hydrogen-bond donors (Lipinski definition) is 0. The maximum Gasteiger partial charge on any atom is 0.248 e. The molecular formula is C20H28N4O4. The maximum absolute atomic E-state index is 13.2. The summed E-state index contributed by atoms with van der Waals surface area (Å²) in [5, 5.41) is 6.04. The van der Waals surface area contributed by atoms with Crippen molar-refractivity contribution in [3.63, 3.8) is 0 Å². The van der Waals surface area contributed by atoms with Gasteiger partial charge in [-0.1, -0.05) is 39.8 Å². The van der Waals surface area contributed by atoms with Crippen LogP contribution >= 0.6 is 0 Å². The van der Waals surface area contributed by atoms with Crippen molar-refractivity contribution in [3.05, 3.63) is 12.2 Å². The minimum absolute atomic E-state index is 0.224. The van der Waals surface area contributed by atoms with E-state index in [1.807, 2.05) is 39.8 Å². The fourth-order valence-corrected chi connectivity index (χ4v) is 5.77. The van der Waals surface area contributed by atoms with E-state index in [0.29, 0.717) is 26.2 Å². The van der Waals surface area contributed by atoms with Gasteiger partial charge in [-0.3, -0.25) is 19.2 Å². The number of allylic oxidation sites excluding steroid dienone is 2. The number of nitrogens with zero attached hydrogens (tertiary/aromatic N) is 4. The molecule has 0 aromatic rings. The Morgan fingerprint density at radius 3 is 1.07 bits per heavy atom. The monoisotopic (exact) mass is 388 g/mol. The molecule has 2 aliphatic heterocycles. The van der Waals surface area contributed by atoms with Crippen LogP contribution in [0.15, 0.2) is 12.2 Å². The van der Waals surface area contributed by atoms with E-state index in [1.54, 1.807) is 10.0 Å². The molecule has 0 N–H and O–H groups in total. The average Bonchev–Trinajstić information content (AvgIpc) is 3.13. The van der Waals surface area contributed by atoms with Gasteiger partial charge in [-0.25, -0.2) is 20.0 Å². The topological polar surface area (TPSA) is 81.2 Å². The number of hydrazine groups is 2. The summed E-state index contributed by atoms with van der Waals surface area (Å²) in [4.78, 5) is 52.9. The van der Waals surface area contributed by atoms with Crippen molar-refractivity contribution in [2.75, 3.05) is 26.2 Å². The largest absolute Gasteiger partial charge is 0.273 e. The molecule has 0 aromatic carbocycles. The van der Waals surface area contributed by atoms with Crippen LogP contribution in [-0.4, -0.2) is 69.8 Å².